The summed E-state index contributed by atoms with van der Waals surface area (Å²) in [6.45, 7) is 6.34. The fourth-order valence-corrected chi connectivity index (χ4v) is 1.90. The summed E-state index contributed by atoms with van der Waals surface area (Å²) >= 11 is 1.64. The molecule has 1 aliphatic rings. The Balaban J connectivity index is 2.72. The molecule has 1 heterocycles. The quantitative estimate of drug-likeness (QED) is 0.663. The molecule has 0 radical (unpaired) electrons. The van der Waals surface area contributed by atoms with E-state index in [2.05, 4.69) is 32.9 Å². The molecular formula is C11H15NS. The first kappa shape index (κ1) is 10.3. The number of nitrogens with one attached hydrogen (secondary N) is 1. The number of rotatable bonds is 2. The van der Waals surface area contributed by atoms with Crippen molar-refractivity contribution in [3.63, 3.8) is 0 Å². The van der Waals surface area contributed by atoms with Gasteiger partial charge in [-0.25, -0.2) is 0 Å². The highest BCUT2D eigenvalue weighted by molar-refractivity contribution is 8.07. The van der Waals surface area contributed by atoms with E-state index in [4.69, 9.17) is 5.41 Å². The van der Waals surface area contributed by atoms with Crippen molar-refractivity contribution in [1.29, 1.82) is 5.41 Å². The van der Waals surface area contributed by atoms with Crippen LogP contribution in [0, 0.1) is 11.3 Å². The van der Waals surface area contributed by atoms with Gasteiger partial charge in [-0.2, -0.15) is 0 Å². The van der Waals surface area contributed by atoms with Gasteiger partial charge in [0.1, 0.15) is 0 Å². The summed E-state index contributed by atoms with van der Waals surface area (Å²) in [7, 11) is 0. The van der Waals surface area contributed by atoms with Crippen LogP contribution in [0.3, 0.4) is 0 Å². The van der Waals surface area contributed by atoms with E-state index in [0.717, 1.165) is 4.91 Å². The van der Waals surface area contributed by atoms with Gasteiger partial charge in [0.15, 0.2) is 0 Å². The minimum absolute atomic E-state index is 0.438. The fourth-order valence-electron chi connectivity index (χ4n) is 1.07. The lowest BCUT2D eigenvalue weighted by Gasteiger charge is -2.07. The third-order valence-electron chi connectivity index (χ3n) is 2.27. The van der Waals surface area contributed by atoms with E-state index in [1.165, 1.54) is 5.57 Å². The lowest BCUT2D eigenvalue weighted by molar-refractivity contribution is 0.859. The van der Waals surface area contributed by atoms with Crippen molar-refractivity contribution in [2.24, 2.45) is 5.92 Å². The standard InChI is InChI=1S/C11H15NS/c1-4-8(2)9(3)7-11-10(12)5-6-13-11/h4-7,9,12H,1-3H3/b8-4-,11-7+,12-10?. The largest absolute Gasteiger partial charge is 0.300 e. The minimum Gasteiger partial charge on any atom is -0.300 e. The molecule has 1 N–H and O–H groups in total. The van der Waals surface area contributed by atoms with Gasteiger partial charge in [-0.3, -0.25) is 5.41 Å². The van der Waals surface area contributed by atoms with Gasteiger partial charge < -0.3 is 0 Å². The third-order valence-corrected chi connectivity index (χ3v) is 3.15. The molecule has 70 valence electrons. The Morgan fingerprint density at radius 2 is 2.31 bits per heavy atom. The van der Waals surface area contributed by atoms with Crippen LogP contribution in [0.2, 0.25) is 0 Å². The van der Waals surface area contributed by atoms with Gasteiger partial charge in [-0.1, -0.05) is 36.4 Å². The molecule has 0 aliphatic carbocycles. The molecule has 0 aromatic heterocycles. The summed E-state index contributed by atoms with van der Waals surface area (Å²) in [5.41, 5.74) is 1.99. The molecule has 0 saturated heterocycles. The van der Waals surface area contributed by atoms with E-state index in [-0.39, 0.29) is 0 Å². The molecule has 13 heavy (non-hydrogen) atoms. The van der Waals surface area contributed by atoms with E-state index in [0.29, 0.717) is 11.6 Å². The molecule has 0 amide bonds. The summed E-state index contributed by atoms with van der Waals surface area (Å²) in [6.07, 6.45) is 6.12. The predicted molar refractivity (Wildman–Crippen MR) is 61.1 cm³/mol. The van der Waals surface area contributed by atoms with Gasteiger partial charge in [-0.15, -0.1) is 0 Å². The van der Waals surface area contributed by atoms with Gasteiger partial charge >= 0.3 is 0 Å². The zero-order chi connectivity index (χ0) is 9.84. The Bertz CT molecular complexity index is 297. The molecule has 1 atom stereocenters. The van der Waals surface area contributed by atoms with Crippen LogP contribution in [0.4, 0.5) is 0 Å². The van der Waals surface area contributed by atoms with E-state index in [9.17, 15) is 0 Å². The van der Waals surface area contributed by atoms with Gasteiger partial charge in [-0.05, 0) is 31.2 Å². The van der Waals surface area contributed by atoms with Crippen molar-refractivity contribution in [2.45, 2.75) is 20.8 Å². The zero-order valence-corrected chi connectivity index (χ0v) is 9.11. The number of thioether (sulfide) groups is 1. The first-order valence-corrected chi connectivity index (χ1v) is 5.30. The summed E-state index contributed by atoms with van der Waals surface area (Å²) < 4.78 is 0. The Labute approximate surface area is 84.1 Å². The molecule has 0 saturated carbocycles. The maximum atomic E-state index is 7.60. The highest BCUT2D eigenvalue weighted by atomic mass is 32.2. The molecule has 0 fully saturated rings. The molecule has 1 aliphatic heterocycles. The Morgan fingerprint density at radius 3 is 2.77 bits per heavy atom. The molecule has 0 aromatic carbocycles. The maximum absolute atomic E-state index is 7.60. The van der Waals surface area contributed by atoms with Crippen LogP contribution in [0.5, 0.6) is 0 Å². The summed E-state index contributed by atoms with van der Waals surface area (Å²) in [5.74, 6) is 0.438. The lowest BCUT2D eigenvalue weighted by atomic mass is 10.0. The molecule has 1 rings (SSSR count). The van der Waals surface area contributed by atoms with E-state index >= 15 is 0 Å². The van der Waals surface area contributed by atoms with Crippen LogP contribution in [-0.2, 0) is 0 Å². The molecule has 0 bridgehead atoms. The lowest BCUT2D eigenvalue weighted by Crippen LogP contribution is -1.95. The Hall–Kier alpha value is -0.760. The van der Waals surface area contributed by atoms with Crippen molar-refractivity contribution in [3.05, 3.63) is 34.1 Å². The predicted octanol–water partition coefficient (Wildman–Crippen LogP) is 3.75. The molecule has 0 aromatic rings. The summed E-state index contributed by atoms with van der Waals surface area (Å²) in [5, 5.41) is 9.57. The third kappa shape index (κ3) is 2.59. The van der Waals surface area contributed by atoms with Crippen molar-refractivity contribution in [2.75, 3.05) is 0 Å². The smallest absolute Gasteiger partial charge is 0.0681 e. The van der Waals surface area contributed by atoms with E-state index < -0.39 is 0 Å². The van der Waals surface area contributed by atoms with Gasteiger partial charge in [0.25, 0.3) is 0 Å². The van der Waals surface area contributed by atoms with Crippen molar-refractivity contribution < 1.29 is 0 Å². The zero-order valence-electron chi connectivity index (χ0n) is 8.29. The first-order valence-electron chi connectivity index (χ1n) is 4.42. The highest BCUT2D eigenvalue weighted by Gasteiger charge is 2.10. The molecule has 2 heteroatoms. The van der Waals surface area contributed by atoms with Crippen molar-refractivity contribution in [3.8, 4) is 0 Å². The van der Waals surface area contributed by atoms with Gasteiger partial charge in [0.05, 0.1) is 5.71 Å². The topological polar surface area (TPSA) is 23.9 Å². The number of allylic oxidation sites excluding steroid dienone is 5. The van der Waals surface area contributed by atoms with Crippen molar-refractivity contribution >= 4 is 17.5 Å². The fraction of sp³-hybridized carbons (Fsp3) is 0.364. The summed E-state index contributed by atoms with van der Waals surface area (Å²) in [4.78, 5) is 1.08. The number of hydrogen-bond donors (Lipinski definition) is 1. The van der Waals surface area contributed by atoms with E-state index in [1.807, 2.05) is 11.5 Å². The monoisotopic (exact) mass is 193 g/mol. The van der Waals surface area contributed by atoms with E-state index in [1.54, 1.807) is 11.8 Å². The average Bonchev–Trinajstić information content (AvgIpc) is 2.50. The molecular weight excluding hydrogens is 178 g/mol. The normalized spacial score (nSPS) is 22.8. The van der Waals surface area contributed by atoms with Crippen LogP contribution in [0.1, 0.15) is 20.8 Å². The van der Waals surface area contributed by atoms with Gasteiger partial charge in [0, 0.05) is 4.91 Å². The molecule has 0 spiro atoms. The van der Waals surface area contributed by atoms with Crippen LogP contribution in [-0.4, -0.2) is 5.71 Å². The Morgan fingerprint density at radius 1 is 1.62 bits per heavy atom. The minimum atomic E-state index is 0.438. The van der Waals surface area contributed by atoms with Crippen LogP contribution in [0.15, 0.2) is 34.1 Å². The Kier molecular flexibility index (Phi) is 3.55. The molecule has 1 nitrogen and oxygen atoms in total. The van der Waals surface area contributed by atoms with Crippen molar-refractivity contribution in [1.82, 2.24) is 0 Å². The van der Waals surface area contributed by atoms with Crippen LogP contribution in [0.25, 0.3) is 0 Å². The second-order valence-electron chi connectivity index (χ2n) is 3.19. The van der Waals surface area contributed by atoms with Gasteiger partial charge in [0.2, 0.25) is 0 Å². The second-order valence-corrected chi connectivity index (χ2v) is 4.13. The number of hydrogen-bond acceptors (Lipinski definition) is 2. The van der Waals surface area contributed by atoms with Crippen LogP contribution >= 0.6 is 11.8 Å². The second kappa shape index (κ2) is 4.47. The molecule has 1 unspecified atom stereocenters. The maximum Gasteiger partial charge on any atom is 0.0681 e. The average molecular weight is 193 g/mol. The first-order chi connectivity index (χ1) is 6.15. The highest BCUT2D eigenvalue weighted by Crippen LogP contribution is 2.28. The summed E-state index contributed by atoms with van der Waals surface area (Å²) in [6, 6.07) is 0. The van der Waals surface area contributed by atoms with Crippen LogP contribution < -0.4 is 0 Å². The SMILES string of the molecule is C/C=C(/C)C(C)/C=C1/SC=CC1=N.